The average molecular weight is 317 g/mol. The molecule has 5 heteroatoms. The monoisotopic (exact) mass is 317 g/mol. The highest BCUT2D eigenvalue weighted by molar-refractivity contribution is 7.07. The summed E-state index contributed by atoms with van der Waals surface area (Å²) in [5, 5.41) is 6.63. The molecule has 0 aliphatic heterocycles. The molecule has 0 bridgehead atoms. The van der Waals surface area contributed by atoms with Crippen LogP contribution in [0, 0.1) is 0 Å². The van der Waals surface area contributed by atoms with E-state index in [2.05, 4.69) is 5.32 Å². The Morgan fingerprint density at radius 1 is 1.18 bits per heavy atom. The Labute approximate surface area is 134 Å². The first-order chi connectivity index (χ1) is 10.7. The number of hydrogen-bond acceptors (Lipinski definition) is 4. The van der Waals surface area contributed by atoms with Crippen molar-refractivity contribution in [2.45, 2.75) is 25.8 Å². The third-order valence-electron chi connectivity index (χ3n) is 3.13. The topological polar surface area (TPSA) is 55.4 Å². The second-order valence-corrected chi connectivity index (χ2v) is 5.65. The van der Waals surface area contributed by atoms with Crippen LogP contribution in [0.2, 0.25) is 0 Å². The fourth-order valence-electron chi connectivity index (χ4n) is 2.11. The minimum Gasteiger partial charge on any atom is -0.464 e. The van der Waals surface area contributed by atoms with E-state index < -0.39 is 12.0 Å². The molecule has 2 aromatic rings. The van der Waals surface area contributed by atoms with Gasteiger partial charge in [-0.3, -0.25) is 4.79 Å². The molecule has 1 atom stereocenters. The molecule has 22 heavy (non-hydrogen) atoms. The molecule has 0 radical (unpaired) electrons. The first-order valence-electron chi connectivity index (χ1n) is 7.20. The van der Waals surface area contributed by atoms with Crippen LogP contribution < -0.4 is 5.32 Å². The predicted molar refractivity (Wildman–Crippen MR) is 86.7 cm³/mol. The van der Waals surface area contributed by atoms with Gasteiger partial charge >= 0.3 is 5.97 Å². The van der Waals surface area contributed by atoms with Crippen molar-refractivity contribution in [2.75, 3.05) is 6.61 Å². The average Bonchev–Trinajstić information content (AvgIpc) is 3.00. The van der Waals surface area contributed by atoms with Gasteiger partial charge in [0.1, 0.15) is 6.04 Å². The number of carbonyl (C=O) groups is 2. The van der Waals surface area contributed by atoms with Gasteiger partial charge in [-0.15, -0.1) is 0 Å². The summed E-state index contributed by atoms with van der Waals surface area (Å²) in [7, 11) is 0. The quantitative estimate of drug-likeness (QED) is 0.799. The van der Waals surface area contributed by atoms with Crippen molar-refractivity contribution in [3.63, 3.8) is 0 Å². The highest BCUT2D eigenvalue weighted by Gasteiger charge is 2.22. The summed E-state index contributed by atoms with van der Waals surface area (Å²) >= 11 is 1.55. The van der Waals surface area contributed by atoms with Gasteiger partial charge in [0.2, 0.25) is 5.91 Å². The van der Waals surface area contributed by atoms with E-state index in [9.17, 15) is 9.59 Å². The van der Waals surface area contributed by atoms with E-state index in [1.165, 1.54) is 0 Å². The van der Waals surface area contributed by atoms with Crippen LogP contribution in [0.25, 0.3) is 0 Å². The summed E-state index contributed by atoms with van der Waals surface area (Å²) in [5.74, 6) is -0.572. The van der Waals surface area contributed by atoms with Crippen molar-refractivity contribution in [1.82, 2.24) is 5.32 Å². The molecule has 116 valence electrons. The van der Waals surface area contributed by atoms with Gasteiger partial charge in [0.05, 0.1) is 13.0 Å². The normalized spacial score (nSPS) is 11.7. The summed E-state index contributed by atoms with van der Waals surface area (Å²) in [4.78, 5) is 24.2. The Hall–Kier alpha value is -2.14. The maximum absolute atomic E-state index is 12.1. The lowest BCUT2D eigenvalue weighted by atomic mass is 10.1. The lowest BCUT2D eigenvalue weighted by Crippen LogP contribution is -2.44. The Bertz CT molecular complexity index is 596. The van der Waals surface area contributed by atoms with E-state index in [0.29, 0.717) is 13.0 Å². The van der Waals surface area contributed by atoms with Crippen molar-refractivity contribution in [3.8, 4) is 0 Å². The maximum Gasteiger partial charge on any atom is 0.328 e. The Balaban J connectivity index is 2.00. The predicted octanol–water partition coefficient (Wildman–Crippen LogP) is 2.58. The molecular weight excluding hydrogens is 298 g/mol. The Morgan fingerprint density at radius 3 is 2.59 bits per heavy atom. The number of nitrogens with one attached hydrogen (secondary N) is 1. The Morgan fingerprint density at radius 2 is 1.95 bits per heavy atom. The van der Waals surface area contributed by atoms with Gasteiger partial charge < -0.3 is 10.1 Å². The van der Waals surface area contributed by atoms with Gasteiger partial charge in [0.25, 0.3) is 0 Å². The molecular formula is C17H19NO3S. The van der Waals surface area contributed by atoms with Gasteiger partial charge in [-0.1, -0.05) is 30.3 Å². The Kier molecular flexibility index (Phi) is 6.15. The minimum atomic E-state index is -0.659. The van der Waals surface area contributed by atoms with Crippen LogP contribution in [0.3, 0.4) is 0 Å². The lowest BCUT2D eigenvalue weighted by Gasteiger charge is -2.17. The SMILES string of the molecule is CCOC(=O)[C@H](Cc1ccccc1)NC(=O)Cc1ccsc1. The summed E-state index contributed by atoms with van der Waals surface area (Å²) in [6, 6.07) is 10.8. The van der Waals surface area contributed by atoms with Crippen LogP contribution in [0.1, 0.15) is 18.1 Å². The van der Waals surface area contributed by atoms with Crippen LogP contribution >= 0.6 is 11.3 Å². The van der Waals surface area contributed by atoms with E-state index in [4.69, 9.17) is 4.74 Å². The smallest absolute Gasteiger partial charge is 0.328 e. The maximum atomic E-state index is 12.1. The molecule has 0 spiro atoms. The summed E-state index contributed by atoms with van der Waals surface area (Å²) < 4.78 is 5.06. The van der Waals surface area contributed by atoms with Crippen molar-refractivity contribution < 1.29 is 14.3 Å². The van der Waals surface area contributed by atoms with Gasteiger partial charge in [-0.05, 0) is 34.9 Å². The molecule has 1 N–H and O–H groups in total. The van der Waals surface area contributed by atoms with Crippen molar-refractivity contribution in [2.24, 2.45) is 0 Å². The molecule has 1 aromatic heterocycles. The number of esters is 1. The number of carbonyl (C=O) groups excluding carboxylic acids is 2. The highest BCUT2D eigenvalue weighted by Crippen LogP contribution is 2.08. The van der Waals surface area contributed by atoms with Gasteiger partial charge in [0.15, 0.2) is 0 Å². The number of amides is 1. The van der Waals surface area contributed by atoms with E-state index in [1.807, 2.05) is 47.2 Å². The second kappa shape index (κ2) is 8.34. The molecule has 0 aliphatic carbocycles. The van der Waals surface area contributed by atoms with E-state index in [-0.39, 0.29) is 12.3 Å². The van der Waals surface area contributed by atoms with Crippen molar-refractivity contribution >= 4 is 23.2 Å². The molecule has 1 aromatic carbocycles. The molecule has 0 saturated heterocycles. The third kappa shape index (κ3) is 5.00. The third-order valence-corrected chi connectivity index (χ3v) is 3.87. The molecule has 1 amide bonds. The van der Waals surface area contributed by atoms with Crippen LogP contribution in [0.15, 0.2) is 47.2 Å². The number of benzene rings is 1. The lowest BCUT2D eigenvalue weighted by molar-refractivity contribution is -0.147. The minimum absolute atomic E-state index is 0.174. The summed E-state index contributed by atoms with van der Waals surface area (Å²) in [6.07, 6.45) is 0.698. The summed E-state index contributed by atoms with van der Waals surface area (Å²) in [6.45, 7) is 2.05. The standard InChI is InChI=1S/C17H19NO3S/c1-2-21-17(20)15(10-13-6-4-3-5-7-13)18-16(19)11-14-8-9-22-12-14/h3-9,12,15H,2,10-11H2,1H3,(H,18,19)/t15-/m0/s1. The van der Waals surface area contributed by atoms with Crippen LogP contribution in [-0.4, -0.2) is 24.5 Å². The molecule has 0 fully saturated rings. The van der Waals surface area contributed by atoms with Gasteiger partial charge in [0, 0.05) is 6.42 Å². The van der Waals surface area contributed by atoms with Crippen LogP contribution in [0.4, 0.5) is 0 Å². The highest BCUT2D eigenvalue weighted by atomic mass is 32.1. The van der Waals surface area contributed by atoms with Crippen LogP contribution in [0.5, 0.6) is 0 Å². The molecule has 4 nitrogen and oxygen atoms in total. The molecule has 0 aliphatic rings. The van der Waals surface area contributed by atoms with Crippen molar-refractivity contribution in [1.29, 1.82) is 0 Å². The van der Waals surface area contributed by atoms with Crippen molar-refractivity contribution in [3.05, 3.63) is 58.3 Å². The molecule has 2 rings (SSSR count). The van der Waals surface area contributed by atoms with Crippen LogP contribution in [-0.2, 0) is 27.2 Å². The number of hydrogen-bond donors (Lipinski definition) is 1. The van der Waals surface area contributed by atoms with Gasteiger partial charge in [-0.25, -0.2) is 4.79 Å². The first-order valence-corrected chi connectivity index (χ1v) is 8.14. The molecule has 0 saturated carbocycles. The fraction of sp³-hybridized carbons (Fsp3) is 0.294. The first kappa shape index (κ1) is 16.2. The largest absolute Gasteiger partial charge is 0.464 e. The fourth-order valence-corrected chi connectivity index (χ4v) is 2.78. The zero-order valence-corrected chi connectivity index (χ0v) is 13.3. The second-order valence-electron chi connectivity index (χ2n) is 4.87. The van der Waals surface area contributed by atoms with E-state index >= 15 is 0 Å². The zero-order chi connectivity index (χ0) is 15.8. The number of rotatable bonds is 7. The number of thiophene rings is 1. The van der Waals surface area contributed by atoms with E-state index in [1.54, 1.807) is 18.3 Å². The summed E-state index contributed by atoms with van der Waals surface area (Å²) in [5.41, 5.74) is 1.93. The zero-order valence-electron chi connectivity index (χ0n) is 12.5. The molecule has 1 heterocycles. The number of ether oxygens (including phenoxy) is 1. The van der Waals surface area contributed by atoms with E-state index in [0.717, 1.165) is 11.1 Å². The molecule has 0 unspecified atom stereocenters. The van der Waals surface area contributed by atoms with Gasteiger partial charge in [-0.2, -0.15) is 11.3 Å².